The second kappa shape index (κ2) is 5.86. The van der Waals surface area contributed by atoms with Crippen LogP contribution in [0.2, 0.25) is 18.1 Å². The molecule has 1 aromatic heterocycles. The largest absolute Gasteiger partial charge is 0.464 e. The van der Waals surface area contributed by atoms with E-state index in [-0.39, 0.29) is 15.6 Å². The Morgan fingerprint density at radius 3 is 2.38 bits per heavy atom. The van der Waals surface area contributed by atoms with Gasteiger partial charge in [0.25, 0.3) is 0 Å². The molecule has 0 aliphatic carbocycles. The molecule has 0 spiro atoms. The van der Waals surface area contributed by atoms with Gasteiger partial charge in [-0.25, -0.2) is 22.6 Å². The summed E-state index contributed by atoms with van der Waals surface area (Å²) in [6, 6.07) is 2.83. The molecule has 0 saturated carbocycles. The van der Waals surface area contributed by atoms with E-state index in [0.717, 1.165) is 0 Å². The molecule has 0 atom stereocenters. The Balaban J connectivity index is 3.31. The smallest absolute Gasteiger partial charge is 0.358 e. The van der Waals surface area contributed by atoms with E-state index in [2.05, 4.69) is 14.1 Å². The van der Waals surface area contributed by atoms with Crippen LogP contribution in [0.1, 0.15) is 31.3 Å². The summed E-state index contributed by atoms with van der Waals surface area (Å²) in [5.41, 5.74) is -0.203. The standard InChI is InChI=1S/C13H22N2O4SSi/c1-13(2,3)21(5,6)15-20(17,18)10-8-7-9-14-11(10)12(16)19-4/h7-9,15H,1-6H3. The van der Waals surface area contributed by atoms with Gasteiger partial charge in [-0.2, -0.15) is 0 Å². The van der Waals surface area contributed by atoms with Crippen molar-refractivity contribution in [3.63, 3.8) is 0 Å². The van der Waals surface area contributed by atoms with Crippen LogP contribution in [0.25, 0.3) is 0 Å². The van der Waals surface area contributed by atoms with Crippen molar-refractivity contribution < 1.29 is 17.9 Å². The minimum absolute atomic E-state index is 0.151. The van der Waals surface area contributed by atoms with Gasteiger partial charge in [-0.05, 0) is 17.2 Å². The van der Waals surface area contributed by atoms with E-state index in [0.29, 0.717) is 0 Å². The molecular weight excluding hydrogens is 308 g/mol. The zero-order chi connectivity index (χ0) is 16.5. The zero-order valence-electron chi connectivity index (χ0n) is 13.2. The fourth-order valence-corrected chi connectivity index (χ4v) is 6.40. The highest BCUT2D eigenvalue weighted by atomic mass is 32.2. The fourth-order valence-electron chi connectivity index (χ4n) is 1.40. The predicted octanol–water partition coefficient (Wildman–Crippen LogP) is 2.15. The van der Waals surface area contributed by atoms with Crippen molar-refractivity contribution in [2.75, 3.05) is 7.11 Å². The van der Waals surface area contributed by atoms with E-state index in [4.69, 9.17) is 0 Å². The highest BCUT2D eigenvalue weighted by Crippen LogP contribution is 2.35. The molecule has 0 amide bonds. The minimum atomic E-state index is -3.84. The van der Waals surface area contributed by atoms with Crippen molar-refractivity contribution in [2.24, 2.45) is 0 Å². The molecule has 21 heavy (non-hydrogen) atoms. The molecule has 0 radical (unpaired) electrons. The second-order valence-corrected chi connectivity index (χ2v) is 13.3. The summed E-state index contributed by atoms with van der Waals surface area (Å²) < 4.78 is 32.6. The summed E-state index contributed by atoms with van der Waals surface area (Å²) in [6.45, 7) is 9.84. The minimum Gasteiger partial charge on any atom is -0.464 e. The third kappa shape index (κ3) is 3.89. The summed E-state index contributed by atoms with van der Waals surface area (Å²) in [5, 5.41) is -0.173. The molecule has 6 nitrogen and oxygen atoms in total. The molecule has 0 bridgehead atoms. The van der Waals surface area contributed by atoms with Gasteiger partial charge < -0.3 is 4.74 Å². The SMILES string of the molecule is COC(=O)c1ncccc1S(=O)(=O)N[Si](C)(C)C(C)(C)C. The van der Waals surface area contributed by atoms with Gasteiger partial charge in [0.05, 0.1) is 7.11 Å². The van der Waals surface area contributed by atoms with E-state index < -0.39 is 24.2 Å². The van der Waals surface area contributed by atoms with Crippen molar-refractivity contribution in [3.8, 4) is 0 Å². The molecular formula is C13H22N2O4SSi. The molecule has 118 valence electrons. The second-order valence-electron chi connectivity index (χ2n) is 6.32. The summed E-state index contributed by atoms with van der Waals surface area (Å²) in [4.78, 5) is 15.4. The number of pyridine rings is 1. The Morgan fingerprint density at radius 1 is 1.33 bits per heavy atom. The lowest BCUT2D eigenvalue weighted by Crippen LogP contribution is -2.54. The zero-order valence-corrected chi connectivity index (χ0v) is 15.0. The number of nitrogens with one attached hydrogen (secondary N) is 1. The number of esters is 1. The monoisotopic (exact) mass is 330 g/mol. The molecule has 1 heterocycles. The summed E-state index contributed by atoms with van der Waals surface area (Å²) >= 11 is 0. The quantitative estimate of drug-likeness (QED) is 0.675. The van der Waals surface area contributed by atoms with Gasteiger partial charge in [0, 0.05) is 6.20 Å². The first-order valence-corrected chi connectivity index (χ1v) is 11.0. The lowest BCUT2D eigenvalue weighted by Gasteiger charge is -2.36. The van der Waals surface area contributed by atoms with Gasteiger partial charge >= 0.3 is 5.97 Å². The molecule has 0 aromatic carbocycles. The molecule has 0 aliphatic rings. The Morgan fingerprint density at radius 2 is 1.90 bits per heavy atom. The van der Waals surface area contributed by atoms with E-state index >= 15 is 0 Å². The first kappa shape index (κ1) is 17.8. The van der Waals surface area contributed by atoms with E-state index in [1.54, 1.807) is 0 Å². The normalized spacial score (nSPS) is 13.0. The number of ether oxygens (including phenoxy) is 1. The molecule has 0 aliphatic heterocycles. The van der Waals surface area contributed by atoms with Gasteiger partial charge in [-0.1, -0.05) is 33.9 Å². The summed E-state index contributed by atoms with van der Waals surface area (Å²) in [5.74, 6) is -0.772. The van der Waals surface area contributed by atoms with Crippen LogP contribution in [0, 0.1) is 0 Å². The van der Waals surface area contributed by atoms with Crippen molar-refractivity contribution >= 4 is 24.2 Å². The van der Waals surface area contributed by atoms with E-state index in [1.165, 1.54) is 25.4 Å². The van der Waals surface area contributed by atoms with Crippen LogP contribution < -0.4 is 4.39 Å². The van der Waals surface area contributed by atoms with Crippen molar-refractivity contribution in [1.82, 2.24) is 9.37 Å². The van der Waals surface area contributed by atoms with Gasteiger partial charge in [-0.15, -0.1) is 0 Å². The molecule has 1 aromatic rings. The topological polar surface area (TPSA) is 85.4 Å². The number of methoxy groups -OCH3 is 1. The summed E-state index contributed by atoms with van der Waals surface area (Å²) in [7, 11) is -4.96. The van der Waals surface area contributed by atoms with Crippen LogP contribution >= 0.6 is 0 Å². The number of nitrogens with zero attached hydrogens (tertiary/aromatic N) is 1. The van der Waals surface area contributed by atoms with Crippen LogP contribution in [0.15, 0.2) is 23.2 Å². The van der Waals surface area contributed by atoms with Gasteiger partial charge in [0.15, 0.2) is 5.69 Å². The molecule has 1 rings (SSSR count). The maximum absolute atomic E-state index is 12.6. The van der Waals surface area contributed by atoms with E-state index in [1.807, 2.05) is 33.9 Å². The molecule has 0 fully saturated rings. The van der Waals surface area contributed by atoms with E-state index in [9.17, 15) is 13.2 Å². The lowest BCUT2D eigenvalue weighted by atomic mass is 10.2. The van der Waals surface area contributed by atoms with Gasteiger partial charge in [-0.3, -0.25) is 0 Å². The third-order valence-electron chi connectivity index (χ3n) is 3.70. The highest BCUT2D eigenvalue weighted by Gasteiger charge is 2.40. The Labute approximate surface area is 127 Å². The number of hydrogen-bond acceptors (Lipinski definition) is 5. The highest BCUT2D eigenvalue weighted by molar-refractivity contribution is 7.91. The lowest BCUT2D eigenvalue weighted by molar-refractivity contribution is 0.0589. The van der Waals surface area contributed by atoms with Crippen LogP contribution in [0.4, 0.5) is 0 Å². The first-order chi connectivity index (χ1) is 9.42. The average Bonchev–Trinajstić information content (AvgIpc) is 2.35. The van der Waals surface area contributed by atoms with Crippen molar-refractivity contribution in [1.29, 1.82) is 0 Å². The van der Waals surface area contributed by atoms with Crippen LogP contribution in [0.5, 0.6) is 0 Å². The van der Waals surface area contributed by atoms with Crippen molar-refractivity contribution in [2.45, 2.75) is 43.8 Å². The number of rotatable bonds is 4. The van der Waals surface area contributed by atoms with Crippen molar-refractivity contribution in [3.05, 3.63) is 24.0 Å². The first-order valence-electron chi connectivity index (χ1n) is 6.50. The van der Waals surface area contributed by atoms with Gasteiger partial charge in [0.2, 0.25) is 10.0 Å². The van der Waals surface area contributed by atoms with Gasteiger partial charge in [0.1, 0.15) is 13.1 Å². The Hall–Kier alpha value is -1.25. The average molecular weight is 330 g/mol. The Kier molecular flexibility index (Phi) is 4.96. The van der Waals surface area contributed by atoms with Crippen LogP contribution in [0.3, 0.4) is 0 Å². The Bertz CT molecular complexity index is 636. The number of aromatic nitrogens is 1. The maximum atomic E-state index is 12.6. The number of carbonyl (C=O) groups excluding carboxylic acids is 1. The predicted molar refractivity (Wildman–Crippen MR) is 83.1 cm³/mol. The molecule has 0 unspecified atom stereocenters. The summed E-state index contributed by atoms with van der Waals surface area (Å²) in [6.07, 6.45) is 1.36. The van der Waals surface area contributed by atoms with Crippen LogP contribution in [-0.4, -0.2) is 34.7 Å². The molecule has 8 heteroatoms. The molecule has 1 N–H and O–H groups in total. The molecule has 0 saturated heterocycles. The number of carbonyl (C=O) groups is 1. The third-order valence-corrected chi connectivity index (χ3v) is 11.5. The number of sulfonamides is 1. The fraction of sp³-hybridized carbons (Fsp3) is 0.538. The van der Waals surface area contributed by atoms with Crippen LogP contribution in [-0.2, 0) is 14.8 Å². The number of hydrogen-bond donors (Lipinski definition) is 1. The maximum Gasteiger partial charge on any atom is 0.358 e.